The fraction of sp³-hybridized carbons (Fsp3) is 0.467. The molecule has 1 atom stereocenters. The van der Waals surface area contributed by atoms with E-state index in [2.05, 4.69) is 22.4 Å². The maximum Gasteiger partial charge on any atom is 0.228 e. The Morgan fingerprint density at radius 3 is 2.85 bits per heavy atom. The van der Waals surface area contributed by atoms with Gasteiger partial charge in [0.25, 0.3) is 0 Å². The predicted octanol–water partition coefficient (Wildman–Crippen LogP) is 2.68. The van der Waals surface area contributed by atoms with Gasteiger partial charge in [0.15, 0.2) is 0 Å². The maximum atomic E-state index is 5.34. The Kier molecular flexibility index (Phi) is 5.12. The fourth-order valence-electron chi connectivity index (χ4n) is 2.18. The Balaban J connectivity index is 2.16. The van der Waals surface area contributed by atoms with Gasteiger partial charge < -0.3 is 14.6 Å². The number of methoxy groups -OCH3 is 1. The van der Waals surface area contributed by atoms with Gasteiger partial charge in [-0.05, 0) is 25.6 Å². The summed E-state index contributed by atoms with van der Waals surface area (Å²) in [7, 11) is 3.59. The van der Waals surface area contributed by atoms with Gasteiger partial charge in [0.05, 0.1) is 12.7 Å². The highest BCUT2D eigenvalue weighted by atomic mass is 16.5. The summed E-state index contributed by atoms with van der Waals surface area (Å²) in [5.74, 6) is 1.97. The van der Waals surface area contributed by atoms with Gasteiger partial charge in [0.1, 0.15) is 5.75 Å². The molecule has 1 unspecified atom stereocenters. The topological polar surface area (TPSA) is 60.2 Å². The summed E-state index contributed by atoms with van der Waals surface area (Å²) in [6.45, 7) is 2.17. The van der Waals surface area contributed by atoms with E-state index in [9.17, 15) is 0 Å². The van der Waals surface area contributed by atoms with Crippen LogP contribution in [-0.4, -0.2) is 30.3 Å². The van der Waals surface area contributed by atoms with E-state index in [1.807, 2.05) is 31.3 Å². The van der Waals surface area contributed by atoms with Crippen LogP contribution in [0, 0.1) is 0 Å². The zero-order chi connectivity index (χ0) is 14.4. The number of hydrogen-bond donors (Lipinski definition) is 1. The lowest BCUT2D eigenvalue weighted by atomic mass is 10.1. The standard InChI is InChI=1S/C15H21N3O2/c1-4-7-11(16-2)10-14-17-15(18-20-14)12-8-5-6-9-13(12)19-3/h5-6,8-9,11,16H,4,7,10H2,1-3H3. The number of nitrogens with zero attached hydrogens (tertiary/aromatic N) is 2. The molecule has 1 aromatic heterocycles. The number of benzene rings is 1. The summed E-state index contributed by atoms with van der Waals surface area (Å²) in [5, 5.41) is 7.32. The molecular formula is C15H21N3O2. The van der Waals surface area contributed by atoms with Crippen LogP contribution in [0.15, 0.2) is 28.8 Å². The first-order chi connectivity index (χ1) is 9.78. The van der Waals surface area contributed by atoms with E-state index in [-0.39, 0.29) is 0 Å². The van der Waals surface area contributed by atoms with E-state index >= 15 is 0 Å². The first kappa shape index (κ1) is 14.5. The number of ether oxygens (including phenoxy) is 1. The van der Waals surface area contributed by atoms with E-state index in [0.717, 1.165) is 30.6 Å². The summed E-state index contributed by atoms with van der Waals surface area (Å²) >= 11 is 0. The van der Waals surface area contributed by atoms with Crippen molar-refractivity contribution in [1.82, 2.24) is 15.5 Å². The highest BCUT2D eigenvalue weighted by molar-refractivity contribution is 5.63. The molecule has 108 valence electrons. The molecule has 5 nitrogen and oxygen atoms in total. The Labute approximate surface area is 119 Å². The molecule has 1 N–H and O–H groups in total. The zero-order valence-corrected chi connectivity index (χ0v) is 12.2. The Morgan fingerprint density at radius 2 is 2.15 bits per heavy atom. The van der Waals surface area contributed by atoms with E-state index in [1.165, 1.54) is 0 Å². The van der Waals surface area contributed by atoms with Crippen molar-refractivity contribution in [1.29, 1.82) is 0 Å². The van der Waals surface area contributed by atoms with Gasteiger partial charge in [-0.1, -0.05) is 30.6 Å². The summed E-state index contributed by atoms with van der Waals surface area (Å²) in [4.78, 5) is 4.46. The molecule has 1 aromatic carbocycles. The number of hydrogen-bond acceptors (Lipinski definition) is 5. The highest BCUT2D eigenvalue weighted by Gasteiger charge is 2.15. The lowest BCUT2D eigenvalue weighted by molar-refractivity contribution is 0.355. The minimum atomic E-state index is 0.367. The molecule has 2 rings (SSSR count). The predicted molar refractivity (Wildman–Crippen MR) is 77.7 cm³/mol. The van der Waals surface area contributed by atoms with Crippen LogP contribution >= 0.6 is 0 Å². The molecular weight excluding hydrogens is 254 g/mol. The summed E-state index contributed by atoms with van der Waals surface area (Å²) < 4.78 is 10.7. The van der Waals surface area contributed by atoms with Crippen LogP contribution in [0.5, 0.6) is 5.75 Å². The minimum Gasteiger partial charge on any atom is -0.496 e. The van der Waals surface area contributed by atoms with E-state index in [0.29, 0.717) is 17.8 Å². The normalized spacial score (nSPS) is 12.3. The number of para-hydroxylation sites is 1. The Bertz CT molecular complexity index is 539. The molecule has 20 heavy (non-hydrogen) atoms. The summed E-state index contributed by atoms with van der Waals surface area (Å²) in [6, 6.07) is 8.03. The maximum absolute atomic E-state index is 5.34. The van der Waals surface area contributed by atoms with Crippen molar-refractivity contribution in [3.8, 4) is 17.1 Å². The van der Waals surface area contributed by atoms with Crippen LogP contribution in [0.2, 0.25) is 0 Å². The van der Waals surface area contributed by atoms with Crippen molar-refractivity contribution in [3.05, 3.63) is 30.2 Å². The molecule has 1 heterocycles. The molecule has 0 aliphatic carbocycles. The average molecular weight is 275 g/mol. The molecule has 0 amide bonds. The molecule has 0 saturated carbocycles. The van der Waals surface area contributed by atoms with E-state index in [1.54, 1.807) is 7.11 Å². The first-order valence-corrected chi connectivity index (χ1v) is 6.91. The van der Waals surface area contributed by atoms with Crippen molar-refractivity contribution in [3.63, 3.8) is 0 Å². The van der Waals surface area contributed by atoms with Gasteiger partial charge in [-0.15, -0.1) is 0 Å². The molecule has 2 aromatic rings. The second kappa shape index (κ2) is 7.05. The van der Waals surface area contributed by atoms with Crippen molar-refractivity contribution in [2.45, 2.75) is 32.2 Å². The van der Waals surface area contributed by atoms with Gasteiger partial charge in [0, 0.05) is 12.5 Å². The minimum absolute atomic E-state index is 0.367. The van der Waals surface area contributed by atoms with Gasteiger partial charge in [-0.2, -0.15) is 4.98 Å². The van der Waals surface area contributed by atoms with Crippen molar-refractivity contribution in [2.75, 3.05) is 14.2 Å². The monoisotopic (exact) mass is 275 g/mol. The third-order valence-electron chi connectivity index (χ3n) is 3.28. The number of nitrogens with one attached hydrogen (secondary N) is 1. The van der Waals surface area contributed by atoms with Crippen LogP contribution < -0.4 is 10.1 Å². The van der Waals surface area contributed by atoms with Gasteiger partial charge in [-0.3, -0.25) is 0 Å². The number of aromatic nitrogens is 2. The van der Waals surface area contributed by atoms with E-state index < -0.39 is 0 Å². The largest absolute Gasteiger partial charge is 0.496 e. The second-order valence-electron chi connectivity index (χ2n) is 4.69. The van der Waals surface area contributed by atoms with Gasteiger partial charge in [-0.25, -0.2) is 0 Å². The molecule has 0 aliphatic rings. The number of rotatable bonds is 7. The summed E-state index contributed by atoms with van der Waals surface area (Å²) in [5.41, 5.74) is 0.849. The molecule has 0 saturated heterocycles. The van der Waals surface area contributed by atoms with Crippen LogP contribution in [-0.2, 0) is 6.42 Å². The van der Waals surface area contributed by atoms with Crippen LogP contribution in [0.25, 0.3) is 11.4 Å². The lowest BCUT2D eigenvalue weighted by Gasteiger charge is -2.11. The van der Waals surface area contributed by atoms with Crippen LogP contribution in [0.4, 0.5) is 0 Å². The van der Waals surface area contributed by atoms with Crippen LogP contribution in [0.3, 0.4) is 0 Å². The molecule has 0 bridgehead atoms. The third-order valence-corrected chi connectivity index (χ3v) is 3.28. The SMILES string of the molecule is CCCC(Cc1nc(-c2ccccc2OC)no1)NC. The molecule has 0 fully saturated rings. The Hall–Kier alpha value is -1.88. The highest BCUT2D eigenvalue weighted by Crippen LogP contribution is 2.27. The average Bonchev–Trinajstić information content (AvgIpc) is 2.95. The van der Waals surface area contributed by atoms with Crippen LogP contribution in [0.1, 0.15) is 25.7 Å². The molecule has 0 spiro atoms. The quantitative estimate of drug-likeness (QED) is 0.841. The fourth-order valence-corrected chi connectivity index (χ4v) is 2.18. The molecule has 5 heteroatoms. The first-order valence-electron chi connectivity index (χ1n) is 6.91. The van der Waals surface area contributed by atoms with Crippen molar-refractivity contribution in [2.24, 2.45) is 0 Å². The Morgan fingerprint density at radius 1 is 1.35 bits per heavy atom. The van der Waals surface area contributed by atoms with Crippen molar-refractivity contribution >= 4 is 0 Å². The smallest absolute Gasteiger partial charge is 0.228 e. The molecule has 0 aliphatic heterocycles. The van der Waals surface area contributed by atoms with E-state index in [4.69, 9.17) is 9.26 Å². The number of likely N-dealkylation sites (N-methyl/N-ethyl adjacent to an activating group) is 1. The molecule has 0 radical (unpaired) electrons. The third kappa shape index (κ3) is 3.36. The zero-order valence-electron chi connectivity index (χ0n) is 12.2. The summed E-state index contributed by atoms with van der Waals surface area (Å²) in [6.07, 6.45) is 2.95. The lowest BCUT2D eigenvalue weighted by Crippen LogP contribution is -2.27. The van der Waals surface area contributed by atoms with Gasteiger partial charge in [0.2, 0.25) is 11.7 Å². The van der Waals surface area contributed by atoms with Crippen molar-refractivity contribution < 1.29 is 9.26 Å². The van der Waals surface area contributed by atoms with Gasteiger partial charge >= 0.3 is 0 Å². The second-order valence-corrected chi connectivity index (χ2v) is 4.69.